The lowest BCUT2D eigenvalue weighted by Gasteiger charge is -2.45. The summed E-state index contributed by atoms with van der Waals surface area (Å²) in [6.45, 7) is 10.6. The summed E-state index contributed by atoms with van der Waals surface area (Å²) in [6.07, 6.45) is 1.97. The van der Waals surface area contributed by atoms with E-state index in [1.807, 2.05) is 0 Å². The molecular weight excluding hydrogens is 316 g/mol. The molecule has 1 fully saturated rings. The third-order valence-electron chi connectivity index (χ3n) is 3.96. The Morgan fingerprint density at radius 3 is 2.70 bits per heavy atom. The Bertz CT molecular complexity index is 543. The van der Waals surface area contributed by atoms with Crippen molar-refractivity contribution in [2.24, 2.45) is 0 Å². The van der Waals surface area contributed by atoms with Crippen LogP contribution >= 0.6 is 11.6 Å². The molecule has 0 spiro atoms. The average molecular weight is 341 g/mol. The minimum absolute atomic E-state index is 0.164. The molecule has 1 aliphatic rings. The molecule has 2 heterocycles. The van der Waals surface area contributed by atoms with Gasteiger partial charge in [0.15, 0.2) is 5.15 Å². The van der Waals surface area contributed by atoms with Crippen LogP contribution in [-0.2, 0) is 4.74 Å². The Morgan fingerprint density at radius 1 is 1.43 bits per heavy atom. The number of carbonyl (C=O) groups is 1. The number of urea groups is 1. The van der Waals surface area contributed by atoms with Crippen LogP contribution in [-0.4, -0.2) is 53.3 Å². The van der Waals surface area contributed by atoms with Crippen LogP contribution in [0.3, 0.4) is 0 Å². The van der Waals surface area contributed by atoms with Crippen LogP contribution in [0.2, 0.25) is 5.15 Å². The van der Waals surface area contributed by atoms with E-state index in [4.69, 9.17) is 16.3 Å². The van der Waals surface area contributed by atoms with Gasteiger partial charge in [0.25, 0.3) is 0 Å². The van der Waals surface area contributed by atoms with Crippen LogP contribution in [0.25, 0.3) is 0 Å². The van der Waals surface area contributed by atoms with Crippen LogP contribution in [0.5, 0.6) is 0 Å². The smallest absolute Gasteiger partial charge is 0.319 e. The number of rotatable bonds is 4. The second kappa shape index (κ2) is 7.47. The lowest BCUT2D eigenvalue weighted by atomic mass is 10.00. The number of hydrogen-bond acceptors (Lipinski definition) is 4. The van der Waals surface area contributed by atoms with Crippen molar-refractivity contribution in [2.45, 2.75) is 45.4 Å². The van der Waals surface area contributed by atoms with Crippen molar-refractivity contribution in [1.82, 2.24) is 15.2 Å². The SMILES string of the molecule is CC1CN(C(C)(C)CNC(=O)Nc2cccnc2Cl)CC(C)O1. The van der Waals surface area contributed by atoms with Gasteiger partial charge in [0.05, 0.1) is 17.9 Å². The summed E-state index contributed by atoms with van der Waals surface area (Å²) in [5, 5.41) is 5.90. The summed E-state index contributed by atoms with van der Waals surface area (Å²) in [5.41, 5.74) is 0.334. The molecule has 1 aromatic rings. The van der Waals surface area contributed by atoms with Crippen LogP contribution in [0.1, 0.15) is 27.7 Å². The zero-order valence-electron chi connectivity index (χ0n) is 14.1. The second-order valence-electron chi connectivity index (χ2n) is 6.62. The Labute approximate surface area is 142 Å². The van der Waals surface area contributed by atoms with E-state index in [9.17, 15) is 4.79 Å². The minimum atomic E-state index is -0.290. The molecule has 1 aromatic heterocycles. The summed E-state index contributed by atoms with van der Waals surface area (Å²) in [7, 11) is 0. The van der Waals surface area contributed by atoms with Crippen LogP contribution in [0, 0.1) is 0 Å². The van der Waals surface area contributed by atoms with Gasteiger partial charge < -0.3 is 15.4 Å². The van der Waals surface area contributed by atoms with Gasteiger partial charge in [-0.2, -0.15) is 0 Å². The fraction of sp³-hybridized carbons (Fsp3) is 0.625. The third-order valence-corrected chi connectivity index (χ3v) is 4.27. The van der Waals surface area contributed by atoms with Gasteiger partial charge in [0.1, 0.15) is 0 Å². The predicted octanol–water partition coefficient (Wildman–Crippen LogP) is 2.74. The maximum atomic E-state index is 12.1. The molecule has 2 amide bonds. The first-order chi connectivity index (χ1) is 10.8. The van der Waals surface area contributed by atoms with Crippen LogP contribution in [0.4, 0.5) is 10.5 Å². The van der Waals surface area contributed by atoms with Gasteiger partial charge in [-0.05, 0) is 39.8 Å². The van der Waals surface area contributed by atoms with Crippen molar-refractivity contribution in [2.75, 3.05) is 25.0 Å². The molecule has 6 nitrogen and oxygen atoms in total. The van der Waals surface area contributed by atoms with E-state index in [0.717, 1.165) is 13.1 Å². The van der Waals surface area contributed by atoms with E-state index in [2.05, 4.69) is 48.2 Å². The van der Waals surface area contributed by atoms with Crippen molar-refractivity contribution < 1.29 is 9.53 Å². The highest BCUT2D eigenvalue weighted by Gasteiger charge is 2.33. The van der Waals surface area contributed by atoms with E-state index in [1.165, 1.54) is 0 Å². The monoisotopic (exact) mass is 340 g/mol. The lowest BCUT2D eigenvalue weighted by Crippen LogP contribution is -2.59. The van der Waals surface area contributed by atoms with Crippen molar-refractivity contribution >= 4 is 23.3 Å². The van der Waals surface area contributed by atoms with Crippen molar-refractivity contribution in [3.8, 4) is 0 Å². The van der Waals surface area contributed by atoms with Gasteiger partial charge >= 0.3 is 6.03 Å². The van der Waals surface area contributed by atoms with Gasteiger partial charge in [0.2, 0.25) is 0 Å². The highest BCUT2D eigenvalue weighted by molar-refractivity contribution is 6.32. The maximum Gasteiger partial charge on any atom is 0.319 e. The predicted molar refractivity (Wildman–Crippen MR) is 91.9 cm³/mol. The fourth-order valence-electron chi connectivity index (χ4n) is 2.73. The molecule has 0 aliphatic carbocycles. The number of nitrogens with zero attached hydrogens (tertiary/aromatic N) is 2. The van der Waals surface area contributed by atoms with Gasteiger partial charge in [-0.1, -0.05) is 11.6 Å². The first-order valence-electron chi connectivity index (χ1n) is 7.84. The average Bonchev–Trinajstić information content (AvgIpc) is 2.47. The fourth-order valence-corrected chi connectivity index (χ4v) is 2.89. The molecule has 2 unspecified atom stereocenters. The van der Waals surface area contributed by atoms with Gasteiger partial charge in [-0.3, -0.25) is 4.90 Å². The molecule has 0 radical (unpaired) electrons. The molecule has 0 bridgehead atoms. The number of aromatic nitrogens is 1. The number of ether oxygens (including phenoxy) is 1. The normalized spacial score (nSPS) is 22.7. The quantitative estimate of drug-likeness (QED) is 0.827. The molecule has 1 saturated heterocycles. The second-order valence-corrected chi connectivity index (χ2v) is 6.98. The lowest BCUT2D eigenvalue weighted by molar-refractivity contribution is -0.0947. The molecule has 23 heavy (non-hydrogen) atoms. The van der Waals surface area contributed by atoms with E-state index in [0.29, 0.717) is 12.2 Å². The zero-order chi connectivity index (χ0) is 17.0. The first kappa shape index (κ1) is 18.0. The Kier molecular flexibility index (Phi) is 5.84. The largest absolute Gasteiger partial charge is 0.373 e. The molecule has 7 heteroatoms. The molecule has 128 valence electrons. The topological polar surface area (TPSA) is 66.5 Å². The molecule has 1 aliphatic heterocycles. The molecule has 2 atom stereocenters. The van der Waals surface area contributed by atoms with Crippen LogP contribution in [0.15, 0.2) is 18.3 Å². The summed E-state index contributed by atoms with van der Waals surface area (Å²) in [5.74, 6) is 0. The molecule has 2 rings (SSSR count). The van der Waals surface area contributed by atoms with E-state index >= 15 is 0 Å². The summed E-state index contributed by atoms with van der Waals surface area (Å²) in [6, 6.07) is 3.15. The summed E-state index contributed by atoms with van der Waals surface area (Å²) < 4.78 is 5.77. The first-order valence-corrected chi connectivity index (χ1v) is 8.21. The number of carbonyl (C=O) groups excluding carboxylic acids is 1. The number of anilines is 1. The minimum Gasteiger partial charge on any atom is -0.373 e. The van der Waals surface area contributed by atoms with Crippen molar-refractivity contribution in [1.29, 1.82) is 0 Å². The molecule has 0 aromatic carbocycles. The number of nitrogens with one attached hydrogen (secondary N) is 2. The zero-order valence-corrected chi connectivity index (χ0v) is 14.9. The molecule has 0 saturated carbocycles. The highest BCUT2D eigenvalue weighted by atomic mass is 35.5. The van der Waals surface area contributed by atoms with Gasteiger partial charge in [-0.15, -0.1) is 0 Å². The number of pyridine rings is 1. The molecular formula is C16H25ClN4O2. The summed E-state index contributed by atoms with van der Waals surface area (Å²) in [4.78, 5) is 18.4. The van der Waals surface area contributed by atoms with Crippen molar-refractivity contribution in [3.05, 3.63) is 23.5 Å². The number of amides is 2. The van der Waals surface area contributed by atoms with Crippen LogP contribution < -0.4 is 10.6 Å². The standard InChI is InChI=1S/C16H25ClN4O2/c1-11-8-21(9-12(2)23-11)16(3,4)10-19-15(22)20-13-6-5-7-18-14(13)17/h5-7,11-12H,8-10H2,1-4H3,(H2,19,20,22). The number of morpholine rings is 1. The third kappa shape index (κ3) is 5.06. The highest BCUT2D eigenvalue weighted by Crippen LogP contribution is 2.21. The Morgan fingerprint density at radius 2 is 2.09 bits per heavy atom. The van der Waals surface area contributed by atoms with E-state index in [1.54, 1.807) is 18.3 Å². The maximum absolute atomic E-state index is 12.1. The van der Waals surface area contributed by atoms with E-state index < -0.39 is 0 Å². The number of hydrogen-bond donors (Lipinski definition) is 2. The Hall–Kier alpha value is -1.37. The number of halogens is 1. The van der Waals surface area contributed by atoms with Gasteiger partial charge in [0, 0.05) is 31.4 Å². The summed E-state index contributed by atoms with van der Waals surface area (Å²) >= 11 is 5.94. The van der Waals surface area contributed by atoms with Crippen molar-refractivity contribution in [3.63, 3.8) is 0 Å². The van der Waals surface area contributed by atoms with Gasteiger partial charge in [-0.25, -0.2) is 9.78 Å². The Balaban J connectivity index is 1.88. The molecule has 2 N–H and O–H groups in total. The van der Waals surface area contributed by atoms with E-state index in [-0.39, 0.29) is 28.9 Å².